The molecule has 118 valence electrons. The van der Waals surface area contributed by atoms with Gasteiger partial charge < -0.3 is 5.11 Å². The second kappa shape index (κ2) is 5.75. The van der Waals surface area contributed by atoms with Crippen LogP contribution in [0, 0.1) is 6.92 Å². The third-order valence-corrected chi connectivity index (χ3v) is 6.50. The number of sulfone groups is 1. The molecule has 0 saturated heterocycles. The molecule has 0 saturated carbocycles. The zero-order valence-corrected chi connectivity index (χ0v) is 13.8. The van der Waals surface area contributed by atoms with Crippen molar-refractivity contribution in [3.63, 3.8) is 0 Å². The highest BCUT2D eigenvalue weighted by molar-refractivity contribution is 7.94. The average molecular weight is 347 g/mol. The largest absolute Gasteiger partial charge is 0.508 e. The number of fused-ring (bicyclic) bond motifs is 1. The van der Waals surface area contributed by atoms with Gasteiger partial charge in [0.2, 0.25) is 14.2 Å². The van der Waals surface area contributed by atoms with Crippen molar-refractivity contribution in [3.8, 4) is 5.75 Å². The molecular weight excluding hydrogens is 334 g/mol. The van der Waals surface area contributed by atoms with E-state index in [1.54, 1.807) is 37.3 Å². The molecule has 0 bridgehead atoms. The van der Waals surface area contributed by atoms with Crippen LogP contribution in [0.3, 0.4) is 0 Å². The number of para-hydroxylation sites is 1. The van der Waals surface area contributed by atoms with Crippen molar-refractivity contribution in [1.29, 1.82) is 0 Å². The lowest BCUT2D eigenvalue weighted by Crippen LogP contribution is -2.16. The molecule has 0 unspecified atom stereocenters. The van der Waals surface area contributed by atoms with E-state index in [0.717, 1.165) is 16.0 Å². The summed E-state index contributed by atoms with van der Waals surface area (Å²) in [6.07, 6.45) is 0. The predicted molar refractivity (Wildman–Crippen MR) is 88.8 cm³/mol. The molecule has 1 heterocycles. The van der Waals surface area contributed by atoms with Gasteiger partial charge in [-0.3, -0.25) is 4.79 Å². The number of phenolic OH excluding ortho intramolecular Hbond substituents is 1. The minimum Gasteiger partial charge on any atom is -0.508 e. The first-order valence-electron chi connectivity index (χ1n) is 6.78. The third-order valence-electron chi connectivity index (χ3n) is 3.39. The maximum Gasteiger partial charge on any atom is 0.212 e. The van der Waals surface area contributed by atoms with E-state index in [0.29, 0.717) is 11.1 Å². The molecule has 0 fully saturated rings. The van der Waals surface area contributed by atoms with Crippen LogP contribution in [-0.2, 0) is 9.84 Å². The molecule has 0 spiro atoms. The van der Waals surface area contributed by atoms with Crippen LogP contribution in [0.25, 0.3) is 10.2 Å². The first-order valence-corrected chi connectivity index (χ1v) is 9.25. The number of phenols is 1. The van der Waals surface area contributed by atoms with E-state index in [4.69, 9.17) is 0 Å². The van der Waals surface area contributed by atoms with Crippen LogP contribution in [0.2, 0.25) is 0 Å². The van der Waals surface area contributed by atoms with E-state index in [9.17, 15) is 18.3 Å². The molecule has 3 rings (SSSR count). The Morgan fingerprint density at radius 3 is 2.65 bits per heavy atom. The van der Waals surface area contributed by atoms with Crippen molar-refractivity contribution in [2.24, 2.45) is 0 Å². The van der Waals surface area contributed by atoms with Gasteiger partial charge in [-0.25, -0.2) is 13.4 Å². The molecule has 0 atom stereocenters. The first-order chi connectivity index (χ1) is 10.9. The molecule has 0 aliphatic carbocycles. The number of hydrogen-bond acceptors (Lipinski definition) is 6. The zero-order chi connectivity index (χ0) is 16.6. The lowest BCUT2D eigenvalue weighted by atomic mass is 10.1. The fourth-order valence-electron chi connectivity index (χ4n) is 2.08. The van der Waals surface area contributed by atoms with E-state index in [1.165, 1.54) is 12.1 Å². The van der Waals surface area contributed by atoms with Gasteiger partial charge in [0.25, 0.3) is 0 Å². The van der Waals surface area contributed by atoms with Crippen molar-refractivity contribution < 1.29 is 18.3 Å². The Hall–Kier alpha value is -2.25. The Morgan fingerprint density at radius 1 is 1.22 bits per heavy atom. The topological polar surface area (TPSA) is 84.3 Å². The van der Waals surface area contributed by atoms with Crippen molar-refractivity contribution in [2.75, 3.05) is 5.75 Å². The molecule has 1 N–H and O–H groups in total. The Kier molecular flexibility index (Phi) is 3.91. The van der Waals surface area contributed by atoms with Gasteiger partial charge in [0.05, 0.1) is 10.2 Å². The first kappa shape index (κ1) is 15.6. The van der Waals surface area contributed by atoms with Gasteiger partial charge >= 0.3 is 0 Å². The van der Waals surface area contributed by atoms with E-state index in [-0.39, 0.29) is 15.7 Å². The molecular formula is C16H13NO4S2. The number of Topliss-reactive ketones (excluding diaryl/α,β-unsaturated/α-hetero) is 1. The molecule has 23 heavy (non-hydrogen) atoms. The highest BCUT2D eigenvalue weighted by Crippen LogP contribution is 2.26. The fraction of sp³-hybridized carbons (Fsp3) is 0.125. The van der Waals surface area contributed by atoms with Gasteiger partial charge in [-0.15, -0.1) is 11.3 Å². The number of rotatable bonds is 4. The number of carbonyl (C=O) groups is 1. The lowest BCUT2D eigenvalue weighted by molar-refractivity contribution is 0.102. The normalized spacial score (nSPS) is 11.7. The van der Waals surface area contributed by atoms with Crippen molar-refractivity contribution in [2.45, 2.75) is 11.3 Å². The molecule has 3 aromatic rings. The Bertz CT molecular complexity index is 973. The number of thiazole rings is 1. The highest BCUT2D eigenvalue weighted by Gasteiger charge is 2.24. The Labute approximate surface area is 137 Å². The van der Waals surface area contributed by atoms with Crippen LogP contribution in [0.4, 0.5) is 0 Å². The summed E-state index contributed by atoms with van der Waals surface area (Å²) in [7, 11) is -3.82. The summed E-state index contributed by atoms with van der Waals surface area (Å²) in [5, 5.41) is 9.65. The van der Waals surface area contributed by atoms with Crippen molar-refractivity contribution in [1.82, 2.24) is 4.98 Å². The number of benzene rings is 2. The minimum absolute atomic E-state index is 0.0340. The van der Waals surface area contributed by atoms with E-state index in [2.05, 4.69) is 4.98 Å². The smallest absolute Gasteiger partial charge is 0.212 e. The molecule has 0 amide bonds. The standard InChI is InChI=1S/C16H13NO4S2/c1-10-6-7-11(8-13(10)18)14(19)9-23(20,21)16-17-12-4-2-3-5-15(12)22-16/h2-8,18H,9H2,1H3. The van der Waals surface area contributed by atoms with Crippen LogP contribution in [0.1, 0.15) is 15.9 Å². The molecule has 1 aromatic heterocycles. The number of nitrogens with zero attached hydrogens (tertiary/aromatic N) is 1. The second-order valence-electron chi connectivity index (χ2n) is 5.13. The van der Waals surface area contributed by atoms with E-state index < -0.39 is 21.4 Å². The quantitative estimate of drug-likeness (QED) is 0.734. The average Bonchev–Trinajstić information content (AvgIpc) is 2.94. The number of aromatic nitrogens is 1. The monoisotopic (exact) mass is 347 g/mol. The summed E-state index contributed by atoms with van der Waals surface area (Å²) < 4.78 is 25.5. The molecule has 0 radical (unpaired) electrons. The van der Waals surface area contributed by atoms with Gasteiger partial charge in [-0.05, 0) is 30.7 Å². The number of hydrogen-bond donors (Lipinski definition) is 1. The lowest BCUT2D eigenvalue weighted by Gasteiger charge is -2.03. The van der Waals surface area contributed by atoms with Gasteiger partial charge in [0.1, 0.15) is 11.5 Å². The van der Waals surface area contributed by atoms with Crippen LogP contribution in [0.5, 0.6) is 5.75 Å². The Morgan fingerprint density at radius 2 is 1.96 bits per heavy atom. The van der Waals surface area contributed by atoms with Crippen LogP contribution < -0.4 is 0 Å². The number of ketones is 1. The zero-order valence-electron chi connectivity index (χ0n) is 12.2. The second-order valence-corrected chi connectivity index (χ2v) is 8.32. The highest BCUT2D eigenvalue weighted by atomic mass is 32.2. The molecule has 5 nitrogen and oxygen atoms in total. The summed E-state index contributed by atoms with van der Waals surface area (Å²) in [5.74, 6) is -1.28. The summed E-state index contributed by atoms with van der Waals surface area (Å²) >= 11 is 1.05. The molecule has 7 heteroatoms. The van der Waals surface area contributed by atoms with Gasteiger partial charge in [0, 0.05) is 5.56 Å². The third kappa shape index (κ3) is 3.11. The Balaban J connectivity index is 1.90. The van der Waals surface area contributed by atoms with Crippen molar-refractivity contribution >= 4 is 37.2 Å². The number of aryl methyl sites for hydroxylation is 1. The van der Waals surface area contributed by atoms with Gasteiger partial charge in [-0.1, -0.05) is 24.3 Å². The molecule has 0 aliphatic rings. The number of carbonyl (C=O) groups excluding carboxylic acids is 1. The predicted octanol–water partition coefficient (Wildman–Crippen LogP) is 2.97. The number of aromatic hydroxyl groups is 1. The summed E-state index contributed by atoms with van der Waals surface area (Å²) in [6, 6.07) is 11.5. The fourth-order valence-corrected chi connectivity index (χ4v) is 4.61. The van der Waals surface area contributed by atoms with Gasteiger partial charge in [0.15, 0.2) is 5.78 Å². The summed E-state index contributed by atoms with van der Waals surface area (Å²) in [5.41, 5.74) is 1.38. The summed E-state index contributed by atoms with van der Waals surface area (Å²) in [4.78, 5) is 16.3. The molecule has 0 aliphatic heterocycles. The summed E-state index contributed by atoms with van der Waals surface area (Å²) in [6.45, 7) is 1.70. The van der Waals surface area contributed by atoms with Crippen LogP contribution in [-0.4, -0.2) is 30.0 Å². The minimum atomic E-state index is -3.82. The maximum atomic E-state index is 12.4. The van der Waals surface area contributed by atoms with E-state index in [1.807, 2.05) is 0 Å². The maximum absolute atomic E-state index is 12.4. The van der Waals surface area contributed by atoms with Gasteiger partial charge in [-0.2, -0.15) is 0 Å². The van der Waals surface area contributed by atoms with Crippen molar-refractivity contribution in [3.05, 3.63) is 53.6 Å². The SMILES string of the molecule is Cc1ccc(C(=O)CS(=O)(=O)c2nc3ccccc3s2)cc1O. The van der Waals surface area contributed by atoms with Crippen LogP contribution in [0.15, 0.2) is 46.8 Å². The van der Waals surface area contributed by atoms with Crippen LogP contribution >= 0.6 is 11.3 Å². The van der Waals surface area contributed by atoms with E-state index >= 15 is 0 Å². The molecule has 2 aromatic carbocycles.